The molecule has 2 aromatic rings. The van der Waals surface area contributed by atoms with Gasteiger partial charge < -0.3 is 14.5 Å². The first-order chi connectivity index (χ1) is 11.4. The Kier molecular flexibility index (Phi) is 4.08. The minimum Gasteiger partial charge on any atom is -0.481 e. The number of methoxy groups -OCH3 is 1. The fraction of sp³-hybridized carbons (Fsp3) is 0.400. The van der Waals surface area contributed by atoms with Gasteiger partial charge in [0.05, 0.1) is 24.6 Å². The maximum Gasteiger partial charge on any atom is 0.280 e. The van der Waals surface area contributed by atoms with Gasteiger partial charge in [-0.3, -0.25) is 9.48 Å². The maximum atomic E-state index is 13.2. The van der Waals surface area contributed by atoms with E-state index in [4.69, 9.17) is 4.74 Å². The predicted octanol–water partition coefficient (Wildman–Crippen LogP) is 1.86. The second-order valence-electron chi connectivity index (χ2n) is 5.44. The summed E-state index contributed by atoms with van der Waals surface area (Å²) in [5, 5.41) is 3.80. The molecule has 7 nitrogen and oxygen atoms in total. The Labute approximate surface area is 137 Å². The van der Waals surface area contributed by atoms with Crippen molar-refractivity contribution in [3.05, 3.63) is 29.6 Å². The molecule has 0 saturated carbocycles. The van der Waals surface area contributed by atoms with Crippen LogP contribution in [-0.4, -0.2) is 47.9 Å². The lowest BCUT2D eigenvalue weighted by atomic mass is 10.1. The molecule has 2 aromatic heterocycles. The Morgan fingerprint density at radius 3 is 2.71 bits per heavy atom. The molecule has 0 atom stereocenters. The van der Waals surface area contributed by atoms with Crippen LogP contribution in [0.1, 0.15) is 22.5 Å². The molecule has 0 fully saturated rings. The van der Waals surface area contributed by atoms with Crippen molar-refractivity contribution in [1.29, 1.82) is 0 Å². The van der Waals surface area contributed by atoms with Crippen LogP contribution in [0.3, 0.4) is 0 Å². The fourth-order valence-corrected chi connectivity index (χ4v) is 2.73. The molecule has 0 aromatic carbocycles. The standard InChI is InChI=1S/C15H17F2N5O2/c1-20-6-7-22(10-4-5-11(24-3)19-14(10)20)15(23)9-8-18-21(2)12(9)13(16)17/h4-5,8,13H,6-7H2,1-3H3. The fourth-order valence-electron chi connectivity index (χ4n) is 2.73. The van der Waals surface area contributed by atoms with E-state index in [0.29, 0.717) is 30.5 Å². The Bertz CT molecular complexity index is 777. The number of likely N-dealkylation sites (N-methyl/N-ethyl adjacent to an activating group) is 1. The molecule has 0 bridgehead atoms. The molecule has 1 amide bonds. The zero-order valence-electron chi connectivity index (χ0n) is 13.5. The van der Waals surface area contributed by atoms with Gasteiger partial charge in [-0.2, -0.15) is 10.1 Å². The van der Waals surface area contributed by atoms with Gasteiger partial charge in [0.2, 0.25) is 5.88 Å². The van der Waals surface area contributed by atoms with Gasteiger partial charge in [0.1, 0.15) is 5.69 Å². The number of aromatic nitrogens is 3. The van der Waals surface area contributed by atoms with E-state index in [1.807, 2.05) is 11.9 Å². The van der Waals surface area contributed by atoms with Gasteiger partial charge >= 0.3 is 0 Å². The van der Waals surface area contributed by atoms with Crippen LogP contribution in [0.4, 0.5) is 20.3 Å². The number of hydrogen-bond acceptors (Lipinski definition) is 5. The Morgan fingerprint density at radius 2 is 2.04 bits per heavy atom. The van der Waals surface area contributed by atoms with E-state index in [2.05, 4.69) is 10.1 Å². The zero-order chi connectivity index (χ0) is 17.4. The number of pyridine rings is 1. The molecule has 128 valence electrons. The molecule has 9 heteroatoms. The van der Waals surface area contributed by atoms with Gasteiger partial charge in [0, 0.05) is 33.3 Å². The Balaban J connectivity index is 2.03. The summed E-state index contributed by atoms with van der Waals surface area (Å²) in [5.41, 5.74) is 0.0689. The summed E-state index contributed by atoms with van der Waals surface area (Å²) in [7, 11) is 4.75. The van der Waals surface area contributed by atoms with Crippen molar-refractivity contribution < 1.29 is 18.3 Å². The minimum atomic E-state index is -2.78. The van der Waals surface area contributed by atoms with Crippen LogP contribution in [0.25, 0.3) is 0 Å². The van der Waals surface area contributed by atoms with Crippen molar-refractivity contribution >= 4 is 17.4 Å². The van der Waals surface area contributed by atoms with Crippen LogP contribution in [0, 0.1) is 0 Å². The van der Waals surface area contributed by atoms with Crippen molar-refractivity contribution in [3.63, 3.8) is 0 Å². The van der Waals surface area contributed by atoms with Gasteiger partial charge in [-0.25, -0.2) is 8.78 Å². The van der Waals surface area contributed by atoms with E-state index >= 15 is 0 Å². The van der Waals surface area contributed by atoms with Crippen molar-refractivity contribution in [2.45, 2.75) is 6.43 Å². The Hall–Kier alpha value is -2.71. The number of rotatable bonds is 3. The minimum absolute atomic E-state index is 0.0983. The third-order valence-corrected chi connectivity index (χ3v) is 4.02. The van der Waals surface area contributed by atoms with E-state index < -0.39 is 12.3 Å². The van der Waals surface area contributed by atoms with E-state index in [0.717, 1.165) is 4.68 Å². The average molecular weight is 337 g/mol. The van der Waals surface area contributed by atoms with Crippen LogP contribution in [-0.2, 0) is 7.05 Å². The van der Waals surface area contributed by atoms with Crippen molar-refractivity contribution in [2.24, 2.45) is 7.05 Å². The Morgan fingerprint density at radius 1 is 1.29 bits per heavy atom. The maximum absolute atomic E-state index is 13.2. The zero-order valence-corrected chi connectivity index (χ0v) is 13.5. The quantitative estimate of drug-likeness (QED) is 0.855. The van der Waals surface area contributed by atoms with Crippen molar-refractivity contribution in [3.8, 4) is 5.88 Å². The van der Waals surface area contributed by atoms with E-state index in [1.165, 1.54) is 25.3 Å². The molecule has 0 N–H and O–H groups in total. The molecule has 0 aliphatic carbocycles. The highest BCUT2D eigenvalue weighted by Crippen LogP contribution is 2.34. The lowest BCUT2D eigenvalue weighted by molar-refractivity contribution is 0.0969. The number of halogens is 2. The van der Waals surface area contributed by atoms with Gasteiger partial charge in [-0.1, -0.05) is 0 Å². The van der Waals surface area contributed by atoms with Crippen LogP contribution in [0.2, 0.25) is 0 Å². The number of alkyl halides is 2. The first-order valence-electron chi connectivity index (χ1n) is 7.32. The molecule has 3 heterocycles. The summed E-state index contributed by atoms with van der Waals surface area (Å²) < 4.78 is 32.6. The lowest BCUT2D eigenvalue weighted by Crippen LogP contribution is -2.43. The number of hydrogen-bond donors (Lipinski definition) is 0. The van der Waals surface area contributed by atoms with Crippen LogP contribution in [0.5, 0.6) is 5.88 Å². The number of amides is 1. The number of nitrogens with zero attached hydrogens (tertiary/aromatic N) is 5. The van der Waals surface area contributed by atoms with Gasteiger partial charge in [-0.15, -0.1) is 0 Å². The number of anilines is 2. The number of carbonyl (C=O) groups is 1. The summed E-state index contributed by atoms with van der Waals surface area (Å²) >= 11 is 0. The van der Waals surface area contributed by atoms with Gasteiger partial charge in [0.15, 0.2) is 5.82 Å². The van der Waals surface area contributed by atoms with Crippen LogP contribution in [0.15, 0.2) is 18.3 Å². The molecule has 1 aliphatic heterocycles. The molecule has 0 radical (unpaired) electrons. The van der Waals surface area contributed by atoms with E-state index in [1.54, 1.807) is 12.1 Å². The van der Waals surface area contributed by atoms with E-state index in [-0.39, 0.29) is 11.3 Å². The molecule has 1 aliphatic rings. The first kappa shape index (κ1) is 16.2. The highest BCUT2D eigenvalue weighted by molar-refractivity contribution is 6.08. The van der Waals surface area contributed by atoms with Gasteiger partial charge in [-0.05, 0) is 6.07 Å². The molecular weight excluding hydrogens is 320 g/mol. The number of aryl methyl sites for hydroxylation is 1. The summed E-state index contributed by atoms with van der Waals surface area (Å²) in [6.07, 6.45) is -1.60. The SMILES string of the molecule is COc1ccc2c(n1)N(C)CCN2C(=O)c1cnn(C)c1C(F)F. The summed E-state index contributed by atoms with van der Waals surface area (Å²) in [4.78, 5) is 20.5. The summed E-state index contributed by atoms with van der Waals surface area (Å²) in [6.45, 7) is 0.900. The van der Waals surface area contributed by atoms with Crippen molar-refractivity contribution in [1.82, 2.24) is 14.8 Å². The normalized spacial score (nSPS) is 14.1. The number of ether oxygens (including phenoxy) is 1. The molecule has 0 spiro atoms. The predicted molar refractivity (Wildman–Crippen MR) is 83.9 cm³/mol. The number of fused-ring (bicyclic) bond motifs is 1. The summed E-state index contributed by atoms with van der Waals surface area (Å²) in [5.74, 6) is 0.473. The van der Waals surface area contributed by atoms with E-state index in [9.17, 15) is 13.6 Å². The van der Waals surface area contributed by atoms with Crippen molar-refractivity contribution in [2.75, 3.05) is 37.0 Å². The smallest absolute Gasteiger partial charge is 0.280 e. The molecule has 24 heavy (non-hydrogen) atoms. The second kappa shape index (κ2) is 6.06. The molecule has 0 saturated heterocycles. The topological polar surface area (TPSA) is 63.5 Å². The van der Waals surface area contributed by atoms with Crippen LogP contribution >= 0.6 is 0 Å². The largest absolute Gasteiger partial charge is 0.481 e. The third-order valence-electron chi connectivity index (χ3n) is 4.02. The van der Waals surface area contributed by atoms with Gasteiger partial charge in [0.25, 0.3) is 12.3 Å². The first-order valence-corrected chi connectivity index (χ1v) is 7.32. The molecular formula is C15H17F2N5O2. The lowest BCUT2D eigenvalue weighted by Gasteiger charge is -2.34. The molecule has 0 unspecified atom stereocenters. The van der Waals surface area contributed by atoms with Crippen LogP contribution < -0.4 is 14.5 Å². The monoisotopic (exact) mass is 337 g/mol. The summed E-state index contributed by atoms with van der Waals surface area (Å²) in [6, 6.07) is 3.34. The third kappa shape index (κ3) is 2.55. The highest BCUT2D eigenvalue weighted by Gasteiger charge is 2.32. The highest BCUT2D eigenvalue weighted by atomic mass is 19.3. The number of carbonyl (C=O) groups excluding carboxylic acids is 1. The molecule has 3 rings (SSSR count). The average Bonchev–Trinajstić information content (AvgIpc) is 2.96. The second-order valence-corrected chi connectivity index (χ2v) is 5.44.